The topological polar surface area (TPSA) is 64.1 Å². The molecule has 4 rings (SSSR count). The number of fused-ring (bicyclic) bond motifs is 1. The minimum atomic E-state index is -0.322. The molecule has 0 radical (unpaired) electrons. The van der Waals surface area contributed by atoms with Gasteiger partial charge in [-0.25, -0.2) is 14.8 Å². The number of benzene rings is 3. The van der Waals surface area contributed by atoms with Crippen molar-refractivity contribution >= 4 is 40.0 Å². The van der Waals surface area contributed by atoms with E-state index in [1.54, 1.807) is 12.1 Å². The fourth-order valence-corrected chi connectivity index (χ4v) is 3.26. The van der Waals surface area contributed by atoms with E-state index >= 15 is 0 Å². The summed E-state index contributed by atoms with van der Waals surface area (Å²) in [7, 11) is 0. The number of carbonyl (C=O) groups excluding carboxylic acids is 1. The van der Waals surface area contributed by atoms with Crippen molar-refractivity contribution in [1.82, 2.24) is 9.97 Å². The normalized spacial score (nSPS) is 10.7. The van der Waals surface area contributed by atoms with Crippen LogP contribution in [0.5, 0.6) is 0 Å². The van der Waals surface area contributed by atoms with Gasteiger partial charge < -0.3 is 10.1 Å². The highest BCUT2D eigenvalue weighted by atomic mass is 35.5. The van der Waals surface area contributed by atoms with Crippen LogP contribution in [0, 0.1) is 0 Å². The molecule has 5 nitrogen and oxygen atoms in total. The van der Waals surface area contributed by atoms with Crippen LogP contribution in [0.15, 0.2) is 72.8 Å². The average molecular weight is 418 g/mol. The first-order valence-electron chi connectivity index (χ1n) is 9.71. The number of rotatable bonds is 6. The first-order chi connectivity index (χ1) is 14.7. The predicted octanol–water partition coefficient (Wildman–Crippen LogP) is 6.26. The van der Waals surface area contributed by atoms with E-state index in [1.807, 2.05) is 67.6 Å². The molecule has 0 fully saturated rings. The summed E-state index contributed by atoms with van der Waals surface area (Å²) in [5, 5.41) is 4.82. The zero-order chi connectivity index (χ0) is 20.9. The summed E-state index contributed by atoms with van der Waals surface area (Å²) < 4.78 is 5.18. The molecule has 0 spiro atoms. The van der Waals surface area contributed by atoms with E-state index in [1.165, 1.54) is 0 Å². The summed E-state index contributed by atoms with van der Waals surface area (Å²) in [6, 6.07) is 22.4. The number of hydrogen-bond donors (Lipinski definition) is 1. The maximum absolute atomic E-state index is 12.0. The summed E-state index contributed by atoms with van der Waals surface area (Å²) in [6.07, 6.45) is 0.792. The molecule has 1 N–H and O–H groups in total. The van der Waals surface area contributed by atoms with E-state index in [2.05, 4.69) is 10.3 Å². The molecular weight excluding hydrogens is 398 g/mol. The van der Waals surface area contributed by atoms with E-state index in [4.69, 9.17) is 21.3 Å². The maximum atomic E-state index is 12.0. The number of nitrogens with one attached hydrogen (secondary N) is 1. The van der Waals surface area contributed by atoms with Gasteiger partial charge in [0.2, 0.25) is 0 Å². The number of ether oxygens (including phenoxy) is 1. The third-order valence-electron chi connectivity index (χ3n) is 4.54. The van der Waals surface area contributed by atoms with Gasteiger partial charge in [0.05, 0.1) is 22.7 Å². The average Bonchev–Trinajstić information content (AvgIpc) is 2.78. The molecule has 1 heterocycles. The van der Waals surface area contributed by atoms with Crippen molar-refractivity contribution < 1.29 is 9.53 Å². The van der Waals surface area contributed by atoms with E-state index in [0.29, 0.717) is 28.8 Å². The molecule has 0 aliphatic heterocycles. The number of anilines is 2. The van der Waals surface area contributed by atoms with Gasteiger partial charge in [0.1, 0.15) is 5.82 Å². The van der Waals surface area contributed by atoms with Gasteiger partial charge in [0, 0.05) is 16.6 Å². The van der Waals surface area contributed by atoms with Crippen molar-refractivity contribution in [2.75, 3.05) is 11.9 Å². The van der Waals surface area contributed by atoms with Crippen LogP contribution in [0.3, 0.4) is 0 Å². The lowest BCUT2D eigenvalue weighted by molar-refractivity contribution is 0.0505. The SMILES string of the molecule is CCCOC(=O)c1ccc(Nc2nc(-c3ccccc3Cl)nc3ccccc23)cc1. The molecule has 6 heteroatoms. The molecule has 150 valence electrons. The fraction of sp³-hybridized carbons (Fsp3) is 0.125. The predicted molar refractivity (Wildman–Crippen MR) is 120 cm³/mol. The Kier molecular flexibility index (Phi) is 5.91. The van der Waals surface area contributed by atoms with Crippen molar-refractivity contribution in [3.63, 3.8) is 0 Å². The smallest absolute Gasteiger partial charge is 0.338 e. The molecule has 0 aliphatic carbocycles. The third-order valence-corrected chi connectivity index (χ3v) is 4.87. The lowest BCUT2D eigenvalue weighted by Crippen LogP contribution is -2.06. The number of para-hydroxylation sites is 1. The van der Waals surface area contributed by atoms with Crippen LogP contribution in [0.1, 0.15) is 23.7 Å². The first-order valence-corrected chi connectivity index (χ1v) is 10.1. The second-order valence-corrected chi connectivity index (χ2v) is 7.14. The zero-order valence-corrected chi connectivity index (χ0v) is 17.2. The van der Waals surface area contributed by atoms with Crippen LogP contribution in [0.25, 0.3) is 22.3 Å². The van der Waals surface area contributed by atoms with Crippen LogP contribution in [-0.4, -0.2) is 22.5 Å². The van der Waals surface area contributed by atoms with E-state index in [-0.39, 0.29) is 5.97 Å². The number of carbonyl (C=O) groups is 1. The Hall–Kier alpha value is -3.44. The van der Waals surface area contributed by atoms with Gasteiger partial charge in [-0.2, -0.15) is 0 Å². The summed E-state index contributed by atoms with van der Waals surface area (Å²) in [4.78, 5) is 21.4. The largest absolute Gasteiger partial charge is 0.462 e. The molecular formula is C24H20ClN3O2. The Morgan fingerprint density at radius 3 is 2.47 bits per heavy atom. The van der Waals surface area contributed by atoms with E-state index in [9.17, 15) is 4.79 Å². The monoisotopic (exact) mass is 417 g/mol. The van der Waals surface area contributed by atoms with Crippen LogP contribution in [-0.2, 0) is 4.74 Å². The molecule has 0 saturated carbocycles. The Balaban J connectivity index is 1.68. The number of hydrogen-bond acceptors (Lipinski definition) is 5. The van der Waals surface area contributed by atoms with E-state index in [0.717, 1.165) is 28.6 Å². The number of esters is 1. The molecule has 0 atom stereocenters. The van der Waals surface area contributed by atoms with Crippen molar-refractivity contribution in [3.8, 4) is 11.4 Å². The van der Waals surface area contributed by atoms with Crippen LogP contribution in [0.2, 0.25) is 5.02 Å². The lowest BCUT2D eigenvalue weighted by atomic mass is 10.1. The Morgan fingerprint density at radius 1 is 0.967 bits per heavy atom. The van der Waals surface area contributed by atoms with Gasteiger partial charge in [-0.1, -0.05) is 42.8 Å². The second-order valence-electron chi connectivity index (χ2n) is 6.73. The maximum Gasteiger partial charge on any atom is 0.338 e. The molecule has 30 heavy (non-hydrogen) atoms. The summed E-state index contributed by atoms with van der Waals surface area (Å²) in [5.41, 5.74) is 2.89. The molecule has 4 aromatic rings. The number of nitrogens with zero attached hydrogens (tertiary/aromatic N) is 2. The van der Waals surface area contributed by atoms with Gasteiger partial charge in [-0.15, -0.1) is 0 Å². The first kappa shape index (κ1) is 19.9. The highest BCUT2D eigenvalue weighted by Crippen LogP contribution is 2.30. The Morgan fingerprint density at radius 2 is 1.70 bits per heavy atom. The fourth-order valence-electron chi connectivity index (χ4n) is 3.04. The molecule has 0 aliphatic rings. The van der Waals surface area contributed by atoms with Gasteiger partial charge in [-0.3, -0.25) is 0 Å². The minimum Gasteiger partial charge on any atom is -0.462 e. The Labute approximate surface area is 179 Å². The highest BCUT2D eigenvalue weighted by molar-refractivity contribution is 6.33. The summed E-state index contributed by atoms with van der Waals surface area (Å²) in [5.74, 6) is 0.885. The molecule has 0 amide bonds. The van der Waals surface area contributed by atoms with Gasteiger partial charge in [0.25, 0.3) is 0 Å². The van der Waals surface area contributed by atoms with Crippen molar-refractivity contribution in [2.45, 2.75) is 13.3 Å². The quantitative estimate of drug-likeness (QED) is 0.375. The van der Waals surface area contributed by atoms with Gasteiger partial charge >= 0.3 is 5.97 Å². The van der Waals surface area contributed by atoms with Crippen molar-refractivity contribution in [2.24, 2.45) is 0 Å². The van der Waals surface area contributed by atoms with Gasteiger partial charge in [0.15, 0.2) is 5.82 Å². The molecule has 0 bridgehead atoms. The zero-order valence-electron chi connectivity index (χ0n) is 16.4. The third kappa shape index (κ3) is 4.26. The summed E-state index contributed by atoms with van der Waals surface area (Å²) in [6.45, 7) is 2.37. The Bertz CT molecular complexity index is 1190. The minimum absolute atomic E-state index is 0.322. The highest BCUT2D eigenvalue weighted by Gasteiger charge is 2.12. The van der Waals surface area contributed by atoms with Crippen molar-refractivity contribution in [3.05, 3.63) is 83.4 Å². The molecule has 3 aromatic carbocycles. The molecule has 1 aromatic heterocycles. The van der Waals surface area contributed by atoms with Crippen LogP contribution < -0.4 is 5.32 Å². The standard InChI is InChI=1S/C24H20ClN3O2/c1-2-15-30-24(29)16-11-13-17(14-12-16)26-23-19-8-4-6-10-21(19)27-22(28-23)18-7-3-5-9-20(18)25/h3-14H,2,15H2,1H3,(H,26,27,28). The van der Waals surface area contributed by atoms with E-state index < -0.39 is 0 Å². The summed E-state index contributed by atoms with van der Waals surface area (Å²) >= 11 is 6.36. The van der Waals surface area contributed by atoms with Gasteiger partial charge in [-0.05, 0) is 55.0 Å². The van der Waals surface area contributed by atoms with Crippen LogP contribution in [0.4, 0.5) is 11.5 Å². The van der Waals surface area contributed by atoms with Crippen LogP contribution >= 0.6 is 11.6 Å². The number of aromatic nitrogens is 2. The van der Waals surface area contributed by atoms with Crippen molar-refractivity contribution in [1.29, 1.82) is 0 Å². The lowest BCUT2D eigenvalue weighted by Gasteiger charge is -2.12. The molecule has 0 unspecified atom stereocenters. The molecule has 0 saturated heterocycles. The number of halogens is 1. The second kappa shape index (κ2) is 8.93.